The number of ether oxygens (including phenoxy) is 2. The maximum absolute atomic E-state index is 6.11. The van der Waals surface area contributed by atoms with E-state index in [4.69, 9.17) is 21.1 Å². The lowest BCUT2D eigenvalue weighted by Gasteiger charge is -2.43. The lowest BCUT2D eigenvalue weighted by Crippen LogP contribution is -2.60. The second kappa shape index (κ2) is 6.24. The molecule has 0 aromatic heterocycles. The van der Waals surface area contributed by atoms with E-state index in [0.717, 1.165) is 17.4 Å². The van der Waals surface area contributed by atoms with Gasteiger partial charge < -0.3 is 14.8 Å². The molecule has 1 N–H and O–H groups in total. The molecule has 3 atom stereocenters. The molecule has 18 heavy (non-hydrogen) atoms. The van der Waals surface area contributed by atoms with Gasteiger partial charge in [-0.25, -0.2) is 0 Å². The number of hydrogen-bond donors (Lipinski definition) is 1. The Labute approximate surface area is 121 Å². The Kier molecular flexibility index (Phi) is 4.90. The third kappa shape index (κ3) is 2.99. The molecule has 0 spiro atoms. The van der Waals surface area contributed by atoms with E-state index in [1.807, 2.05) is 18.2 Å². The molecule has 3 nitrogen and oxygen atoms in total. The highest BCUT2D eigenvalue weighted by atomic mass is 79.9. The number of methoxy groups -OCH3 is 1. The second-order valence-corrected chi connectivity index (χ2v) is 5.65. The summed E-state index contributed by atoms with van der Waals surface area (Å²) >= 11 is 9.52. The summed E-state index contributed by atoms with van der Waals surface area (Å²) in [5.41, 5.74) is 0. The van der Waals surface area contributed by atoms with Gasteiger partial charge in [-0.05, 0) is 24.7 Å². The van der Waals surface area contributed by atoms with E-state index in [9.17, 15) is 0 Å². The monoisotopic (exact) mass is 333 g/mol. The molecule has 3 unspecified atom stereocenters. The molecule has 1 aliphatic carbocycles. The molecule has 0 bridgehead atoms. The van der Waals surface area contributed by atoms with Gasteiger partial charge in [0.15, 0.2) is 0 Å². The van der Waals surface area contributed by atoms with Crippen LogP contribution < -0.4 is 10.1 Å². The van der Waals surface area contributed by atoms with Crippen LogP contribution >= 0.6 is 27.5 Å². The van der Waals surface area contributed by atoms with Crippen molar-refractivity contribution in [1.82, 2.24) is 5.32 Å². The Balaban J connectivity index is 2.00. The molecule has 1 saturated carbocycles. The van der Waals surface area contributed by atoms with Crippen molar-refractivity contribution in [1.29, 1.82) is 0 Å². The van der Waals surface area contributed by atoms with Gasteiger partial charge in [0.05, 0.1) is 5.02 Å². The lowest BCUT2D eigenvalue weighted by molar-refractivity contribution is -0.0883. The zero-order chi connectivity index (χ0) is 13.1. The van der Waals surface area contributed by atoms with Crippen LogP contribution in [0.3, 0.4) is 0 Å². The molecule has 0 saturated heterocycles. The van der Waals surface area contributed by atoms with Gasteiger partial charge in [-0.2, -0.15) is 0 Å². The van der Waals surface area contributed by atoms with Gasteiger partial charge in [-0.3, -0.25) is 0 Å². The van der Waals surface area contributed by atoms with E-state index in [0.29, 0.717) is 16.8 Å². The molecule has 1 aliphatic rings. The van der Waals surface area contributed by atoms with Crippen molar-refractivity contribution in [3.8, 4) is 5.75 Å². The third-order valence-electron chi connectivity index (χ3n) is 3.16. The van der Waals surface area contributed by atoms with Gasteiger partial charge in [-0.15, -0.1) is 0 Å². The maximum atomic E-state index is 6.11. The van der Waals surface area contributed by atoms with Crippen LogP contribution in [0.15, 0.2) is 22.7 Å². The number of nitrogens with one attached hydrogen (secondary N) is 1. The molecule has 5 heteroatoms. The van der Waals surface area contributed by atoms with Crippen LogP contribution in [0.2, 0.25) is 5.02 Å². The highest BCUT2D eigenvalue weighted by Gasteiger charge is 2.42. The van der Waals surface area contributed by atoms with Crippen LogP contribution in [0.1, 0.15) is 13.3 Å². The predicted molar refractivity (Wildman–Crippen MR) is 76.4 cm³/mol. The highest BCUT2D eigenvalue weighted by molar-refractivity contribution is 9.10. The van der Waals surface area contributed by atoms with Crippen molar-refractivity contribution in [2.75, 3.05) is 13.7 Å². The average molecular weight is 335 g/mol. The van der Waals surface area contributed by atoms with Crippen LogP contribution in [0.5, 0.6) is 5.75 Å². The topological polar surface area (TPSA) is 30.5 Å². The summed E-state index contributed by atoms with van der Waals surface area (Å²) < 4.78 is 12.3. The predicted octanol–water partition coefficient (Wildman–Crippen LogP) is 3.25. The molecule has 1 aromatic carbocycles. The van der Waals surface area contributed by atoms with Crippen LogP contribution in [-0.2, 0) is 4.74 Å². The Bertz CT molecular complexity index is 416. The Morgan fingerprint density at radius 3 is 2.94 bits per heavy atom. The van der Waals surface area contributed by atoms with Crippen LogP contribution in [-0.4, -0.2) is 31.9 Å². The summed E-state index contributed by atoms with van der Waals surface area (Å²) in [5, 5.41) is 4.00. The van der Waals surface area contributed by atoms with E-state index in [2.05, 4.69) is 28.2 Å². The number of benzene rings is 1. The molecule has 1 aromatic rings. The van der Waals surface area contributed by atoms with Crippen molar-refractivity contribution in [3.63, 3.8) is 0 Å². The quantitative estimate of drug-likeness (QED) is 0.896. The first-order valence-electron chi connectivity index (χ1n) is 6.03. The number of hydrogen-bond acceptors (Lipinski definition) is 3. The fourth-order valence-electron chi connectivity index (χ4n) is 2.21. The first-order chi connectivity index (χ1) is 8.65. The maximum Gasteiger partial charge on any atom is 0.139 e. The summed E-state index contributed by atoms with van der Waals surface area (Å²) in [7, 11) is 1.72. The number of halogens is 2. The summed E-state index contributed by atoms with van der Waals surface area (Å²) in [6.07, 6.45) is 1.08. The highest BCUT2D eigenvalue weighted by Crippen LogP contribution is 2.34. The van der Waals surface area contributed by atoms with E-state index in [1.165, 1.54) is 0 Å². The van der Waals surface area contributed by atoms with E-state index in [-0.39, 0.29) is 12.2 Å². The molecule has 100 valence electrons. The number of rotatable bonds is 5. The van der Waals surface area contributed by atoms with E-state index >= 15 is 0 Å². The zero-order valence-electron chi connectivity index (χ0n) is 10.5. The van der Waals surface area contributed by atoms with Crippen molar-refractivity contribution < 1.29 is 9.47 Å². The summed E-state index contributed by atoms with van der Waals surface area (Å²) in [6.45, 7) is 3.03. The zero-order valence-corrected chi connectivity index (χ0v) is 12.8. The molecular weight excluding hydrogens is 318 g/mol. The molecule has 1 fully saturated rings. The van der Waals surface area contributed by atoms with Crippen molar-refractivity contribution in [2.45, 2.75) is 31.6 Å². The summed E-state index contributed by atoms with van der Waals surface area (Å²) in [6, 6.07) is 5.97. The van der Waals surface area contributed by atoms with Gasteiger partial charge in [0.1, 0.15) is 18.0 Å². The Morgan fingerprint density at radius 1 is 1.50 bits per heavy atom. The van der Waals surface area contributed by atoms with Crippen LogP contribution in [0, 0.1) is 0 Å². The van der Waals surface area contributed by atoms with E-state index < -0.39 is 0 Å². The fourth-order valence-corrected chi connectivity index (χ4v) is 2.71. The average Bonchev–Trinajstić information content (AvgIpc) is 2.32. The number of likely N-dealkylation sites (N-methyl/N-ethyl adjacent to an activating group) is 1. The van der Waals surface area contributed by atoms with Gasteiger partial charge in [-0.1, -0.05) is 34.5 Å². The lowest BCUT2D eigenvalue weighted by atomic mass is 9.85. The first kappa shape index (κ1) is 14.1. The van der Waals surface area contributed by atoms with Crippen molar-refractivity contribution in [3.05, 3.63) is 27.7 Å². The van der Waals surface area contributed by atoms with Gasteiger partial charge >= 0.3 is 0 Å². The van der Waals surface area contributed by atoms with Crippen LogP contribution in [0.4, 0.5) is 0 Å². The molecular formula is C13H17BrClNO2. The van der Waals surface area contributed by atoms with Crippen molar-refractivity contribution >= 4 is 27.5 Å². The fraction of sp³-hybridized carbons (Fsp3) is 0.538. The Morgan fingerprint density at radius 2 is 2.28 bits per heavy atom. The molecule has 0 heterocycles. The van der Waals surface area contributed by atoms with Gasteiger partial charge in [0.25, 0.3) is 0 Å². The second-order valence-electron chi connectivity index (χ2n) is 4.33. The first-order valence-corrected chi connectivity index (χ1v) is 7.20. The largest absolute Gasteiger partial charge is 0.486 e. The molecule has 0 aliphatic heterocycles. The van der Waals surface area contributed by atoms with Gasteiger partial charge in [0, 0.05) is 24.0 Å². The van der Waals surface area contributed by atoms with E-state index in [1.54, 1.807) is 7.11 Å². The van der Waals surface area contributed by atoms with Crippen LogP contribution in [0.25, 0.3) is 0 Å². The summed E-state index contributed by atoms with van der Waals surface area (Å²) in [4.78, 5) is 0. The molecule has 2 rings (SSSR count). The third-order valence-corrected chi connectivity index (χ3v) is 3.96. The Hall–Kier alpha value is -0.290. The van der Waals surface area contributed by atoms with Crippen molar-refractivity contribution in [2.24, 2.45) is 0 Å². The standard InChI is InChI=1S/C13H17BrClNO2/c1-3-16-10-7-12(13(10)17-2)18-11-6-8(14)4-5-9(11)15/h4-6,10,12-13,16H,3,7H2,1-2H3. The molecule has 0 amide bonds. The minimum Gasteiger partial charge on any atom is -0.486 e. The smallest absolute Gasteiger partial charge is 0.139 e. The SMILES string of the molecule is CCNC1CC(Oc2cc(Br)ccc2Cl)C1OC. The van der Waals surface area contributed by atoms with Gasteiger partial charge in [0.2, 0.25) is 0 Å². The normalized spacial score (nSPS) is 26.8. The summed E-state index contributed by atoms with van der Waals surface area (Å²) in [5.74, 6) is 0.702. The minimum absolute atomic E-state index is 0.0610. The minimum atomic E-state index is 0.0610. The molecule has 0 radical (unpaired) electrons.